The Hall–Kier alpha value is -1.83. The monoisotopic (exact) mass is 342 g/mol. The number of urea groups is 1. The molecule has 0 aromatic rings. The molecule has 0 aromatic heterocycles. The summed E-state index contributed by atoms with van der Waals surface area (Å²) in [6.45, 7) is 10.8. The van der Waals surface area contributed by atoms with E-state index in [0.717, 1.165) is 6.42 Å². The lowest BCUT2D eigenvalue weighted by atomic mass is 10.2. The third-order valence-corrected chi connectivity index (χ3v) is 3.83. The van der Waals surface area contributed by atoms with Gasteiger partial charge in [0.1, 0.15) is 0 Å². The quantitative estimate of drug-likeness (QED) is 0.778. The highest BCUT2D eigenvalue weighted by Crippen LogP contribution is 2.09. The maximum Gasteiger partial charge on any atom is 0.409 e. The highest BCUT2D eigenvalue weighted by atomic mass is 16.6. The van der Waals surface area contributed by atoms with Gasteiger partial charge in [0.05, 0.1) is 12.6 Å². The summed E-state index contributed by atoms with van der Waals surface area (Å²) in [6, 6.07) is -0.915. The number of rotatable bonds is 5. The average molecular weight is 342 g/mol. The fourth-order valence-corrected chi connectivity index (χ4v) is 2.42. The molecule has 1 fully saturated rings. The summed E-state index contributed by atoms with van der Waals surface area (Å²) in [5, 5.41) is 4.86. The van der Waals surface area contributed by atoms with E-state index >= 15 is 0 Å². The largest absolute Gasteiger partial charge is 0.449 e. The molecule has 0 radical (unpaired) electrons. The first-order valence-corrected chi connectivity index (χ1v) is 8.59. The maximum absolute atomic E-state index is 12.1. The summed E-state index contributed by atoms with van der Waals surface area (Å²) >= 11 is 0. The Morgan fingerprint density at radius 3 is 2.42 bits per heavy atom. The molecule has 1 heterocycles. The van der Waals surface area contributed by atoms with Gasteiger partial charge in [0, 0.05) is 32.7 Å². The number of imide groups is 1. The first-order chi connectivity index (χ1) is 11.3. The van der Waals surface area contributed by atoms with Crippen LogP contribution in [0.3, 0.4) is 0 Å². The third-order valence-electron chi connectivity index (χ3n) is 3.83. The summed E-state index contributed by atoms with van der Waals surface area (Å²) in [6.07, 6.45) is 0.459. The summed E-state index contributed by atoms with van der Waals surface area (Å²) in [4.78, 5) is 39.2. The van der Waals surface area contributed by atoms with E-state index in [1.807, 2.05) is 18.7 Å². The van der Waals surface area contributed by atoms with Gasteiger partial charge in [-0.2, -0.15) is 0 Å². The number of hydrogen-bond donors (Lipinski definition) is 2. The summed E-state index contributed by atoms with van der Waals surface area (Å²) < 4.78 is 5.26. The van der Waals surface area contributed by atoms with Gasteiger partial charge >= 0.3 is 12.1 Å². The van der Waals surface area contributed by atoms with Crippen LogP contribution in [0.15, 0.2) is 0 Å². The Kier molecular flexibility index (Phi) is 8.53. The van der Waals surface area contributed by atoms with Crippen molar-refractivity contribution in [2.45, 2.75) is 40.2 Å². The molecule has 4 amide bonds. The van der Waals surface area contributed by atoms with Gasteiger partial charge in [0.25, 0.3) is 0 Å². The summed E-state index contributed by atoms with van der Waals surface area (Å²) in [5.74, 6) is -0.0350. The van der Waals surface area contributed by atoms with Crippen LogP contribution in [0.25, 0.3) is 0 Å². The number of hydrogen-bond acceptors (Lipinski definition) is 5. The van der Waals surface area contributed by atoms with Gasteiger partial charge < -0.3 is 15.0 Å². The predicted octanol–water partition coefficient (Wildman–Crippen LogP) is 1.02. The predicted molar refractivity (Wildman–Crippen MR) is 90.6 cm³/mol. The van der Waals surface area contributed by atoms with Gasteiger partial charge in [0.15, 0.2) is 0 Å². The van der Waals surface area contributed by atoms with Crippen LogP contribution in [0, 0.1) is 5.92 Å². The van der Waals surface area contributed by atoms with Crippen LogP contribution in [-0.4, -0.2) is 73.2 Å². The molecule has 2 N–H and O–H groups in total. The van der Waals surface area contributed by atoms with Crippen LogP contribution < -0.4 is 10.6 Å². The number of carbonyl (C=O) groups is 3. The van der Waals surface area contributed by atoms with E-state index in [0.29, 0.717) is 45.2 Å². The van der Waals surface area contributed by atoms with Gasteiger partial charge in [-0.25, -0.2) is 9.59 Å². The Labute approximate surface area is 143 Å². The van der Waals surface area contributed by atoms with Gasteiger partial charge in [-0.3, -0.25) is 15.0 Å². The molecular formula is C16H30N4O4. The number of nitrogens with one attached hydrogen (secondary N) is 2. The molecule has 8 heteroatoms. The second kappa shape index (κ2) is 10.1. The Morgan fingerprint density at radius 1 is 1.08 bits per heavy atom. The summed E-state index contributed by atoms with van der Waals surface area (Å²) in [5.41, 5.74) is 0. The van der Waals surface area contributed by atoms with Crippen molar-refractivity contribution in [2.24, 2.45) is 5.92 Å². The van der Waals surface area contributed by atoms with Crippen LogP contribution >= 0.6 is 0 Å². The number of amides is 4. The fraction of sp³-hybridized carbons (Fsp3) is 0.812. The Morgan fingerprint density at radius 2 is 1.79 bits per heavy atom. The van der Waals surface area contributed by atoms with Gasteiger partial charge in [-0.15, -0.1) is 0 Å². The second-order valence-electron chi connectivity index (χ2n) is 6.37. The minimum absolute atomic E-state index is 0.301. The molecule has 8 nitrogen and oxygen atoms in total. The molecule has 0 aromatic carbocycles. The number of nitrogens with zero attached hydrogens (tertiary/aromatic N) is 2. The standard InChI is InChI=1S/C16H30N4O4/c1-5-17-15(22)18-14(21)13(4)19-7-6-8-20(10-9-19)16(23)24-11-12(2)3/h12-13H,5-11H2,1-4H3,(H2,17,18,21,22)/t13-/m1/s1. The van der Waals surface area contributed by atoms with Gasteiger partial charge in [0.2, 0.25) is 5.91 Å². The van der Waals surface area contributed by atoms with Crippen molar-refractivity contribution in [3.8, 4) is 0 Å². The third kappa shape index (κ3) is 6.74. The molecule has 0 spiro atoms. The van der Waals surface area contributed by atoms with Crippen LogP contribution in [0.1, 0.15) is 34.1 Å². The minimum Gasteiger partial charge on any atom is -0.449 e. The smallest absolute Gasteiger partial charge is 0.409 e. The van der Waals surface area contributed by atoms with Crippen molar-refractivity contribution >= 4 is 18.0 Å². The zero-order valence-corrected chi connectivity index (χ0v) is 15.1. The van der Waals surface area contributed by atoms with E-state index in [1.54, 1.807) is 18.7 Å². The molecule has 1 rings (SSSR count). The van der Waals surface area contributed by atoms with Crippen molar-refractivity contribution in [2.75, 3.05) is 39.3 Å². The molecule has 0 bridgehead atoms. The normalized spacial score (nSPS) is 17.1. The van der Waals surface area contributed by atoms with E-state index in [9.17, 15) is 14.4 Å². The Balaban J connectivity index is 2.48. The van der Waals surface area contributed by atoms with Crippen LogP contribution in [0.2, 0.25) is 0 Å². The highest BCUT2D eigenvalue weighted by Gasteiger charge is 2.27. The average Bonchev–Trinajstić information content (AvgIpc) is 2.78. The van der Waals surface area contributed by atoms with E-state index in [1.165, 1.54) is 0 Å². The molecule has 24 heavy (non-hydrogen) atoms. The lowest BCUT2D eigenvalue weighted by Crippen LogP contribution is -2.50. The lowest BCUT2D eigenvalue weighted by molar-refractivity contribution is -0.124. The second-order valence-corrected chi connectivity index (χ2v) is 6.37. The molecule has 1 aliphatic heterocycles. The van der Waals surface area contributed by atoms with Crippen LogP contribution in [0.5, 0.6) is 0 Å². The molecule has 0 aliphatic carbocycles. The zero-order valence-electron chi connectivity index (χ0n) is 15.1. The van der Waals surface area contributed by atoms with Gasteiger partial charge in [-0.05, 0) is 26.2 Å². The van der Waals surface area contributed by atoms with Crippen LogP contribution in [0.4, 0.5) is 9.59 Å². The molecule has 138 valence electrons. The highest BCUT2D eigenvalue weighted by molar-refractivity contribution is 5.96. The molecule has 0 unspecified atom stereocenters. The maximum atomic E-state index is 12.1. The minimum atomic E-state index is -0.483. The van der Waals surface area contributed by atoms with E-state index < -0.39 is 12.1 Å². The van der Waals surface area contributed by atoms with Crippen LogP contribution in [-0.2, 0) is 9.53 Å². The number of carbonyl (C=O) groups excluding carboxylic acids is 3. The zero-order chi connectivity index (χ0) is 18.1. The topological polar surface area (TPSA) is 91.0 Å². The first-order valence-electron chi connectivity index (χ1n) is 8.59. The first kappa shape index (κ1) is 20.2. The van der Waals surface area contributed by atoms with E-state index in [2.05, 4.69) is 10.6 Å². The summed E-state index contributed by atoms with van der Waals surface area (Å²) in [7, 11) is 0. The molecule has 0 saturated carbocycles. The fourth-order valence-electron chi connectivity index (χ4n) is 2.42. The number of ether oxygens (including phenoxy) is 1. The van der Waals surface area contributed by atoms with E-state index in [-0.39, 0.29) is 12.0 Å². The molecular weight excluding hydrogens is 312 g/mol. The van der Waals surface area contributed by atoms with E-state index in [4.69, 9.17) is 4.74 Å². The lowest BCUT2D eigenvalue weighted by Gasteiger charge is -2.26. The van der Waals surface area contributed by atoms with Gasteiger partial charge in [-0.1, -0.05) is 13.8 Å². The Bertz CT molecular complexity index is 442. The molecule has 1 aliphatic rings. The van der Waals surface area contributed by atoms with Crippen molar-refractivity contribution in [1.29, 1.82) is 0 Å². The SMILES string of the molecule is CCNC(=O)NC(=O)[C@@H](C)N1CCCN(C(=O)OCC(C)C)CC1. The molecule has 1 atom stereocenters. The van der Waals surface area contributed by atoms with Crippen molar-refractivity contribution < 1.29 is 19.1 Å². The van der Waals surface area contributed by atoms with Crippen molar-refractivity contribution in [3.05, 3.63) is 0 Å². The van der Waals surface area contributed by atoms with Crippen molar-refractivity contribution in [3.63, 3.8) is 0 Å². The van der Waals surface area contributed by atoms with Crippen molar-refractivity contribution in [1.82, 2.24) is 20.4 Å². The molecule has 1 saturated heterocycles.